The number of pyridine rings is 1. The highest BCUT2D eigenvalue weighted by Gasteiger charge is 1.95. The maximum absolute atomic E-state index is 4.30. The fourth-order valence-corrected chi connectivity index (χ4v) is 0.991. The molecule has 0 N–H and O–H groups in total. The Morgan fingerprint density at radius 1 is 1.17 bits per heavy atom. The predicted molar refractivity (Wildman–Crippen MR) is 43.9 cm³/mol. The molecular weight excluding hydrogens is 152 g/mol. The summed E-state index contributed by atoms with van der Waals surface area (Å²) in [6, 6.07) is 5.82. The van der Waals surface area contributed by atoms with Crippen LogP contribution >= 0.6 is 0 Å². The Balaban J connectivity index is 2.48. The maximum Gasteiger partial charge on any atom is 0.139 e. The monoisotopic (exact) mass is 160 g/mol. The zero-order valence-electron chi connectivity index (χ0n) is 6.68. The van der Waals surface area contributed by atoms with E-state index < -0.39 is 0 Å². The van der Waals surface area contributed by atoms with Crippen LogP contribution in [0.15, 0.2) is 30.9 Å². The third-order valence-electron chi connectivity index (χ3n) is 1.56. The molecule has 2 heterocycles. The Morgan fingerprint density at radius 3 is 2.58 bits per heavy atom. The molecule has 0 amide bonds. The first-order valence-corrected chi connectivity index (χ1v) is 3.65. The summed E-state index contributed by atoms with van der Waals surface area (Å²) in [6.07, 6.45) is 3.25. The van der Waals surface area contributed by atoms with Crippen LogP contribution in [-0.4, -0.2) is 19.7 Å². The number of hydrogen-bond donors (Lipinski definition) is 0. The molecule has 0 aliphatic carbocycles. The van der Waals surface area contributed by atoms with Gasteiger partial charge in [0.05, 0.1) is 0 Å². The molecule has 4 heteroatoms. The van der Waals surface area contributed by atoms with E-state index in [-0.39, 0.29) is 0 Å². The van der Waals surface area contributed by atoms with E-state index in [4.69, 9.17) is 0 Å². The van der Waals surface area contributed by atoms with Crippen LogP contribution in [0.5, 0.6) is 0 Å². The minimum absolute atomic E-state index is 0.847. The van der Waals surface area contributed by atoms with Crippen molar-refractivity contribution in [3.8, 4) is 5.82 Å². The molecule has 0 aromatic carbocycles. The first-order valence-electron chi connectivity index (χ1n) is 3.65. The topological polar surface area (TPSA) is 43.6 Å². The number of nitrogens with zero attached hydrogens (tertiary/aromatic N) is 4. The highest BCUT2D eigenvalue weighted by atomic mass is 15.2. The van der Waals surface area contributed by atoms with Gasteiger partial charge in [-0.2, -0.15) is 0 Å². The second-order valence-corrected chi connectivity index (χ2v) is 2.51. The van der Waals surface area contributed by atoms with E-state index in [2.05, 4.69) is 15.2 Å². The second-order valence-electron chi connectivity index (χ2n) is 2.51. The van der Waals surface area contributed by atoms with Gasteiger partial charge < -0.3 is 0 Å². The van der Waals surface area contributed by atoms with Crippen LogP contribution in [0, 0.1) is 6.92 Å². The zero-order valence-corrected chi connectivity index (χ0v) is 6.68. The molecule has 0 fully saturated rings. The van der Waals surface area contributed by atoms with Crippen LogP contribution in [0.3, 0.4) is 0 Å². The van der Waals surface area contributed by atoms with Gasteiger partial charge in [-0.15, -0.1) is 10.2 Å². The average molecular weight is 160 g/mol. The lowest BCUT2D eigenvalue weighted by Crippen LogP contribution is -1.94. The molecule has 0 spiro atoms. The summed E-state index contributed by atoms with van der Waals surface area (Å²) in [5.74, 6) is 0.847. The Bertz CT molecular complexity index is 366. The van der Waals surface area contributed by atoms with Crippen LogP contribution in [0.2, 0.25) is 0 Å². The van der Waals surface area contributed by atoms with E-state index in [1.54, 1.807) is 17.2 Å². The third kappa shape index (κ3) is 1.18. The van der Waals surface area contributed by atoms with Crippen molar-refractivity contribution in [2.24, 2.45) is 0 Å². The van der Waals surface area contributed by atoms with Crippen LogP contribution in [0.1, 0.15) is 5.69 Å². The van der Waals surface area contributed by atoms with Gasteiger partial charge in [0.15, 0.2) is 0 Å². The molecule has 2 rings (SSSR count). The molecule has 0 radical (unpaired) electrons. The third-order valence-corrected chi connectivity index (χ3v) is 1.56. The van der Waals surface area contributed by atoms with Gasteiger partial charge in [-0.1, -0.05) is 6.07 Å². The summed E-state index contributed by atoms with van der Waals surface area (Å²) in [5, 5.41) is 7.40. The van der Waals surface area contributed by atoms with Crippen molar-refractivity contribution >= 4 is 0 Å². The lowest BCUT2D eigenvalue weighted by molar-refractivity contribution is 0.973. The van der Waals surface area contributed by atoms with Gasteiger partial charge in [-0.05, 0) is 19.1 Å². The molecule has 60 valence electrons. The standard InChI is InChI=1S/C8H8N4/c1-7-3-2-4-8(11-7)12-5-9-10-6-12/h2-6H,1H3. The van der Waals surface area contributed by atoms with Crippen molar-refractivity contribution < 1.29 is 0 Å². The molecular formula is C8H8N4. The van der Waals surface area contributed by atoms with Crippen molar-refractivity contribution in [3.05, 3.63) is 36.5 Å². The van der Waals surface area contributed by atoms with Crippen LogP contribution in [0.25, 0.3) is 5.82 Å². The molecule has 12 heavy (non-hydrogen) atoms. The van der Waals surface area contributed by atoms with Crippen molar-refractivity contribution in [2.75, 3.05) is 0 Å². The Hall–Kier alpha value is -1.71. The summed E-state index contributed by atoms with van der Waals surface area (Å²) in [5.41, 5.74) is 0.987. The molecule has 0 bridgehead atoms. The van der Waals surface area contributed by atoms with Gasteiger partial charge in [0, 0.05) is 5.69 Å². The van der Waals surface area contributed by atoms with Gasteiger partial charge in [-0.25, -0.2) is 4.98 Å². The van der Waals surface area contributed by atoms with Crippen molar-refractivity contribution in [1.82, 2.24) is 19.7 Å². The maximum atomic E-state index is 4.30. The van der Waals surface area contributed by atoms with E-state index in [1.807, 2.05) is 25.1 Å². The molecule has 2 aromatic heterocycles. The van der Waals surface area contributed by atoms with Crippen LogP contribution in [0.4, 0.5) is 0 Å². The summed E-state index contributed by atoms with van der Waals surface area (Å²) in [6.45, 7) is 1.95. The largest absolute Gasteiger partial charge is 0.272 e. The van der Waals surface area contributed by atoms with Gasteiger partial charge in [0.25, 0.3) is 0 Å². The molecule has 0 saturated carbocycles. The molecule has 4 nitrogen and oxygen atoms in total. The average Bonchev–Trinajstić information content (AvgIpc) is 2.56. The zero-order chi connectivity index (χ0) is 8.39. The minimum Gasteiger partial charge on any atom is -0.272 e. The van der Waals surface area contributed by atoms with E-state index >= 15 is 0 Å². The first-order chi connectivity index (χ1) is 5.86. The highest BCUT2D eigenvalue weighted by Crippen LogP contribution is 2.02. The normalized spacial score (nSPS) is 10.1. The molecule has 0 atom stereocenters. The van der Waals surface area contributed by atoms with E-state index in [9.17, 15) is 0 Å². The lowest BCUT2D eigenvalue weighted by atomic mass is 10.4. The van der Waals surface area contributed by atoms with Crippen molar-refractivity contribution in [2.45, 2.75) is 6.92 Å². The molecule has 2 aromatic rings. The number of aromatic nitrogens is 4. The molecule has 0 aliphatic rings. The van der Waals surface area contributed by atoms with Crippen LogP contribution < -0.4 is 0 Å². The molecule has 0 unspecified atom stereocenters. The fourth-order valence-electron chi connectivity index (χ4n) is 0.991. The van der Waals surface area contributed by atoms with E-state index in [0.717, 1.165) is 11.5 Å². The van der Waals surface area contributed by atoms with E-state index in [1.165, 1.54) is 0 Å². The Kier molecular flexibility index (Phi) is 1.59. The predicted octanol–water partition coefficient (Wildman–Crippen LogP) is 0.971. The van der Waals surface area contributed by atoms with E-state index in [0.29, 0.717) is 0 Å². The first kappa shape index (κ1) is 6.97. The van der Waals surface area contributed by atoms with Gasteiger partial charge >= 0.3 is 0 Å². The SMILES string of the molecule is Cc1cccc(-n2cnnc2)n1. The fraction of sp³-hybridized carbons (Fsp3) is 0.125. The summed E-state index contributed by atoms with van der Waals surface area (Å²) in [7, 11) is 0. The van der Waals surface area contributed by atoms with Gasteiger partial charge in [0.1, 0.15) is 18.5 Å². The summed E-state index contributed by atoms with van der Waals surface area (Å²) >= 11 is 0. The quantitative estimate of drug-likeness (QED) is 0.624. The minimum atomic E-state index is 0.847. The number of hydrogen-bond acceptors (Lipinski definition) is 3. The van der Waals surface area contributed by atoms with Crippen molar-refractivity contribution in [1.29, 1.82) is 0 Å². The lowest BCUT2D eigenvalue weighted by Gasteiger charge is -1.99. The summed E-state index contributed by atoms with van der Waals surface area (Å²) in [4.78, 5) is 4.30. The smallest absolute Gasteiger partial charge is 0.139 e. The van der Waals surface area contributed by atoms with Crippen LogP contribution in [-0.2, 0) is 0 Å². The molecule has 0 saturated heterocycles. The number of rotatable bonds is 1. The van der Waals surface area contributed by atoms with Gasteiger partial charge in [-0.3, -0.25) is 4.57 Å². The number of aryl methyl sites for hydroxylation is 1. The van der Waals surface area contributed by atoms with Gasteiger partial charge in [0.2, 0.25) is 0 Å². The Labute approximate surface area is 69.9 Å². The molecule has 0 aliphatic heterocycles. The Morgan fingerprint density at radius 2 is 1.92 bits per heavy atom. The second kappa shape index (κ2) is 2.73. The summed E-state index contributed by atoms with van der Waals surface area (Å²) < 4.78 is 1.77. The van der Waals surface area contributed by atoms with Crippen molar-refractivity contribution in [3.63, 3.8) is 0 Å². The highest BCUT2D eigenvalue weighted by molar-refractivity contribution is 5.22.